The zero-order valence-corrected chi connectivity index (χ0v) is 18.8. The molecule has 8 heteroatoms. The van der Waals surface area contributed by atoms with E-state index >= 15 is 0 Å². The van der Waals surface area contributed by atoms with E-state index in [1.54, 1.807) is 36.6 Å². The third kappa shape index (κ3) is 5.48. The molecule has 0 fully saturated rings. The number of ether oxygens (including phenoxy) is 1. The third-order valence-electron chi connectivity index (χ3n) is 4.24. The standard InChI is InChI=1S/C23H18BrNO5S/c1-2-30-23(29)20-17(14-6-4-3-5-7-14)13-31-21(20)25-18(22(27)28)12-19(26)15-8-10-16(24)11-9-15/h3-13,25H,2H2,1H3,(H,27,28). The van der Waals surface area contributed by atoms with Gasteiger partial charge in [-0.15, -0.1) is 11.3 Å². The Morgan fingerprint density at radius 1 is 1.10 bits per heavy atom. The van der Waals surface area contributed by atoms with E-state index in [0.29, 0.717) is 11.1 Å². The predicted molar refractivity (Wildman–Crippen MR) is 124 cm³/mol. The van der Waals surface area contributed by atoms with Crippen LogP contribution in [0.2, 0.25) is 0 Å². The SMILES string of the molecule is CCOC(=O)c1c(-c2ccccc2)csc1NC(=CC(=O)c1ccc(Br)cc1)C(=O)O. The number of hydrogen-bond donors (Lipinski definition) is 2. The van der Waals surface area contributed by atoms with Gasteiger partial charge in [-0.1, -0.05) is 46.3 Å². The highest BCUT2D eigenvalue weighted by Crippen LogP contribution is 2.37. The number of benzene rings is 2. The fraction of sp³-hybridized carbons (Fsp3) is 0.0870. The van der Waals surface area contributed by atoms with Crippen LogP contribution in [-0.4, -0.2) is 29.4 Å². The van der Waals surface area contributed by atoms with E-state index in [0.717, 1.165) is 27.4 Å². The van der Waals surface area contributed by atoms with Crippen molar-refractivity contribution in [2.75, 3.05) is 11.9 Å². The minimum absolute atomic E-state index is 0.173. The number of carboxylic acids is 1. The van der Waals surface area contributed by atoms with Crippen LogP contribution in [0.3, 0.4) is 0 Å². The smallest absolute Gasteiger partial charge is 0.352 e. The van der Waals surface area contributed by atoms with Crippen molar-refractivity contribution in [1.29, 1.82) is 0 Å². The Morgan fingerprint density at radius 2 is 1.77 bits per heavy atom. The number of anilines is 1. The van der Waals surface area contributed by atoms with Crippen LogP contribution in [0.1, 0.15) is 27.6 Å². The fourth-order valence-corrected chi connectivity index (χ4v) is 4.02. The quantitative estimate of drug-likeness (QED) is 0.237. The van der Waals surface area contributed by atoms with Gasteiger partial charge >= 0.3 is 11.9 Å². The molecule has 0 bridgehead atoms. The van der Waals surface area contributed by atoms with Crippen LogP contribution in [0.5, 0.6) is 0 Å². The summed E-state index contributed by atoms with van der Waals surface area (Å²) in [5.74, 6) is -2.38. The summed E-state index contributed by atoms with van der Waals surface area (Å²) < 4.78 is 5.98. The first-order valence-electron chi connectivity index (χ1n) is 9.26. The predicted octanol–water partition coefficient (Wildman–Crippen LogP) is 5.62. The van der Waals surface area contributed by atoms with Gasteiger partial charge in [0.1, 0.15) is 16.3 Å². The molecule has 6 nitrogen and oxygen atoms in total. The topological polar surface area (TPSA) is 92.7 Å². The van der Waals surface area contributed by atoms with Crippen LogP contribution >= 0.6 is 27.3 Å². The molecular weight excluding hydrogens is 482 g/mol. The number of nitrogens with one attached hydrogen (secondary N) is 1. The Labute approximate surface area is 191 Å². The molecule has 3 rings (SSSR count). The number of hydrogen-bond acceptors (Lipinski definition) is 6. The van der Waals surface area contributed by atoms with Gasteiger partial charge in [-0.2, -0.15) is 0 Å². The van der Waals surface area contributed by atoms with E-state index in [9.17, 15) is 19.5 Å². The highest BCUT2D eigenvalue weighted by atomic mass is 79.9. The highest BCUT2D eigenvalue weighted by molar-refractivity contribution is 9.10. The van der Waals surface area contributed by atoms with Gasteiger partial charge in [0.05, 0.1) is 6.61 Å². The highest BCUT2D eigenvalue weighted by Gasteiger charge is 2.23. The molecule has 3 aromatic rings. The van der Waals surface area contributed by atoms with Crippen molar-refractivity contribution in [3.8, 4) is 11.1 Å². The van der Waals surface area contributed by atoms with Gasteiger partial charge < -0.3 is 15.2 Å². The molecule has 0 atom stereocenters. The lowest BCUT2D eigenvalue weighted by molar-refractivity contribution is -0.132. The number of thiophene rings is 1. The molecule has 0 aliphatic rings. The third-order valence-corrected chi connectivity index (χ3v) is 5.66. The lowest BCUT2D eigenvalue weighted by Gasteiger charge is -2.10. The monoisotopic (exact) mass is 499 g/mol. The van der Waals surface area contributed by atoms with Crippen molar-refractivity contribution in [2.45, 2.75) is 6.92 Å². The number of ketones is 1. The second-order valence-electron chi connectivity index (χ2n) is 6.30. The van der Waals surface area contributed by atoms with Crippen molar-refractivity contribution >= 4 is 50.0 Å². The summed E-state index contributed by atoms with van der Waals surface area (Å²) in [5, 5.41) is 14.4. The second kappa shape index (κ2) is 10.2. The Balaban J connectivity index is 1.99. The first kappa shape index (κ1) is 22.5. The summed E-state index contributed by atoms with van der Waals surface area (Å²) in [6.45, 7) is 1.87. The van der Waals surface area contributed by atoms with E-state index in [2.05, 4.69) is 21.2 Å². The molecule has 31 heavy (non-hydrogen) atoms. The molecule has 0 aliphatic heterocycles. The van der Waals surface area contributed by atoms with Gasteiger partial charge in [-0.25, -0.2) is 9.59 Å². The molecule has 0 saturated heterocycles. The number of aliphatic carboxylic acids is 1. The summed E-state index contributed by atoms with van der Waals surface area (Å²) >= 11 is 4.46. The summed E-state index contributed by atoms with van der Waals surface area (Å²) in [7, 11) is 0. The zero-order valence-electron chi connectivity index (χ0n) is 16.4. The minimum Gasteiger partial charge on any atom is -0.477 e. The van der Waals surface area contributed by atoms with Crippen molar-refractivity contribution in [3.05, 3.63) is 87.4 Å². The van der Waals surface area contributed by atoms with Crippen LogP contribution < -0.4 is 5.32 Å². The molecule has 2 N–H and O–H groups in total. The number of esters is 1. The Hall–Kier alpha value is -3.23. The van der Waals surface area contributed by atoms with Crippen LogP contribution in [0.15, 0.2) is 76.2 Å². The molecule has 1 heterocycles. The first-order chi connectivity index (χ1) is 14.9. The average Bonchev–Trinajstić information content (AvgIpc) is 3.18. The normalized spacial score (nSPS) is 11.1. The van der Waals surface area contributed by atoms with Crippen LogP contribution in [-0.2, 0) is 9.53 Å². The summed E-state index contributed by atoms with van der Waals surface area (Å²) in [4.78, 5) is 37.0. The van der Waals surface area contributed by atoms with E-state index in [-0.39, 0.29) is 22.9 Å². The van der Waals surface area contributed by atoms with E-state index < -0.39 is 17.7 Å². The van der Waals surface area contributed by atoms with Gasteiger partial charge in [-0.3, -0.25) is 4.79 Å². The molecule has 0 unspecified atom stereocenters. The van der Waals surface area contributed by atoms with E-state index in [1.807, 2.05) is 30.3 Å². The molecule has 1 aromatic heterocycles. The minimum atomic E-state index is -1.32. The molecule has 0 saturated carbocycles. The summed E-state index contributed by atoms with van der Waals surface area (Å²) in [5.41, 5.74) is 1.63. The average molecular weight is 500 g/mol. The lowest BCUT2D eigenvalue weighted by atomic mass is 10.0. The zero-order chi connectivity index (χ0) is 22.4. The number of rotatable bonds is 8. The van der Waals surface area contributed by atoms with Crippen molar-refractivity contribution in [3.63, 3.8) is 0 Å². The van der Waals surface area contributed by atoms with Crippen LogP contribution in [0.4, 0.5) is 5.00 Å². The summed E-state index contributed by atoms with van der Waals surface area (Å²) in [6.07, 6.45) is 1.00. The molecule has 158 valence electrons. The van der Waals surface area contributed by atoms with Gasteiger partial charge in [0, 0.05) is 27.1 Å². The maximum absolute atomic E-state index is 12.7. The number of allylic oxidation sites excluding steroid dienone is 1. The van der Waals surface area contributed by atoms with Crippen molar-refractivity contribution in [1.82, 2.24) is 0 Å². The maximum atomic E-state index is 12.7. The second-order valence-corrected chi connectivity index (χ2v) is 8.09. The Bertz CT molecular complexity index is 1140. The first-order valence-corrected chi connectivity index (χ1v) is 10.9. The molecule has 0 aliphatic carbocycles. The largest absolute Gasteiger partial charge is 0.477 e. The van der Waals surface area contributed by atoms with Gasteiger partial charge in [0.25, 0.3) is 0 Å². The molecule has 0 radical (unpaired) electrons. The van der Waals surface area contributed by atoms with Crippen molar-refractivity contribution in [2.24, 2.45) is 0 Å². The molecule has 0 spiro atoms. The molecular formula is C23H18BrNO5S. The maximum Gasteiger partial charge on any atom is 0.352 e. The summed E-state index contributed by atoms with van der Waals surface area (Å²) in [6, 6.07) is 15.8. The van der Waals surface area contributed by atoms with Crippen LogP contribution in [0.25, 0.3) is 11.1 Å². The molecule has 0 amide bonds. The van der Waals surface area contributed by atoms with E-state index in [1.165, 1.54) is 0 Å². The lowest BCUT2D eigenvalue weighted by Crippen LogP contribution is -2.15. The number of carboxylic acid groups (broad SMARTS) is 1. The number of halogens is 1. The van der Waals surface area contributed by atoms with Crippen molar-refractivity contribution < 1.29 is 24.2 Å². The fourth-order valence-electron chi connectivity index (χ4n) is 2.79. The number of carbonyl (C=O) groups is 3. The van der Waals surface area contributed by atoms with Gasteiger partial charge in [-0.05, 0) is 36.8 Å². The van der Waals surface area contributed by atoms with Crippen LogP contribution in [0, 0.1) is 0 Å². The Morgan fingerprint density at radius 3 is 2.39 bits per heavy atom. The van der Waals surface area contributed by atoms with Gasteiger partial charge in [0.2, 0.25) is 0 Å². The van der Waals surface area contributed by atoms with E-state index in [4.69, 9.17) is 4.74 Å². The Kier molecular flexibility index (Phi) is 7.38. The number of carbonyl (C=O) groups excluding carboxylic acids is 2. The van der Waals surface area contributed by atoms with Gasteiger partial charge in [0.15, 0.2) is 5.78 Å². The molecule has 2 aromatic carbocycles.